The van der Waals surface area contributed by atoms with Gasteiger partial charge in [0.25, 0.3) is 0 Å². The number of amides is 2. The van der Waals surface area contributed by atoms with Gasteiger partial charge in [-0.3, -0.25) is 4.79 Å². The predicted octanol–water partition coefficient (Wildman–Crippen LogP) is 1.67. The molecule has 7 heteroatoms. The van der Waals surface area contributed by atoms with Gasteiger partial charge in [-0.1, -0.05) is 0 Å². The Kier molecular flexibility index (Phi) is 6.33. The molecule has 7 nitrogen and oxygen atoms in total. The summed E-state index contributed by atoms with van der Waals surface area (Å²) in [6.07, 6.45) is 2.45. The number of ether oxygens (including phenoxy) is 1. The van der Waals surface area contributed by atoms with E-state index < -0.39 is 5.60 Å². The van der Waals surface area contributed by atoms with Gasteiger partial charge < -0.3 is 14.5 Å². The van der Waals surface area contributed by atoms with Gasteiger partial charge in [-0.25, -0.2) is 4.79 Å². The molecule has 0 aromatic heterocycles. The number of carbonyl (C=O) groups is 2. The average molecular weight is 326 g/mol. The molecule has 2 rings (SSSR count). The topological polar surface area (TPSA) is 84.0 Å². The summed E-state index contributed by atoms with van der Waals surface area (Å²) in [5.41, 5.74) is -0.361. The molecule has 0 radical (unpaired) electrons. The Morgan fingerprint density at radius 3 is 2.17 bits per heavy atom. The predicted molar refractivity (Wildman–Crippen MR) is 81.4 cm³/mol. The van der Waals surface area contributed by atoms with Crippen molar-refractivity contribution in [2.75, 3.05) is 26.2 Å². The van der Waals surface area contributed by atoms with Crippen LogP contribution in [-0.2, 0) is 19.1 Å². The highest BCUT2D eigenvalue weighted by atomic mass is 16.6. The molecule has 0 aromatic carbocycles. The van der Waals surface area contributed by atoms with E-state index in [0.717, 1.165) is 25.9 Å². The maximum Gasteiger partial charge on any atom is 0.410 e. The smallest absolute Gasteiger partial charge is 0.410 e. The maximum atomic E-state index is 12.0. The third kappa shape index (κ3) is 5.36. The summed E-state index contributed by atoms with van der Waals surface area (Å²) in [6.45, 7) is 10.7. The molecule has 0 atom stereocenters. The Morgan fingerprint density at radius 1 is 1.26 bits per heavy atom. The SMILES string of the molecule is CCN1CC2(CCN(C(=O)OC(C)(C)C)CC2)CC1=O.O=C=O. The molecule has 1 spiro atoms. The molecule has 130 valence electrons. The summed E-state index contributed by atoms with van der Waals surface area (Å²) in [5, 5.41) is 0. The van der Waals surface area contributed by atoms with Crippen molar-refractivity contribution in [2.24, 2.45) is 5.41 Å². The van der Waals surface area contributed by atoms with E-state index >= 15 is 0 Å². The lowest BCUT2D eigenvalue weighted by atomic mass is 9.78. The zero-order chi connectivity index (χ0) is 17.7. The lowest BCUT2D eigenvalue weighted by molar-refractivity contribution is -0.191. The highest BCUT2D eigenvalue weighted by Gasteiger charge is 2.45. The number of carbonyl (C=O) groups excluding carboxylic acids is 4. The molecule has 2 amide bonds. The molecule has 2 aliphatic rings. The Balaban J connectivity index is 0.000000816. The first-order valence-corrected chi connectivity index (χ1v) is 7.91. The first-order valence-electron chi connectivity index (χ1n) is 7.91. The monoisotopic (exact) mass is 326 g/mol. The Bertz CT molecular complexity index is 469. The van der Waals surface area contributed by atoms with E-state index in [0.29, 0.717) is 19.5 Å². The Hall–Kier alpha value is -1.88. The maximum absolute atomic E-state index is 12.0. The average Bonchev–Trinajstić information content (AvgIpc) is 2.74. The van der Waals surface area contributed by atoms with Gasteiger partial charge >= 0.3 is 12.2 Å². The van der Waals surface area contributed by atoms with Crippen LogP contribution in [0, 0.1) is 5.41 Å². The molecule has 0 aromatic rings. The van der Waals surface area contributed by atoms with Gasteiger partial charge in [-0.05, 0) is 40.5 Å². The lowest BCUT2D eigenvalue weighted by Crippen LogP contribution is -2.46. The first-order chi connectivity index (χ1) is 10.7. The second-order valence-corrected chi connectivity index (χ2v) is 7.14. The van der Waals surface area contributed by atoms with Crippen molar-refractivity contribution in [3.63, 3.8) is 0 Å². The van der Waals surface area contributed by atoms with E-state index in [2.05, 4.69) is 0 Å². The van der Waals surface area contributed by atoms with Gasteiger partial charge in [0.15, 0.2) is 0 Å². The molecule has 2 saturated heterocycles. The van der Waals surface area contributed by atoms with Crippen LogP contribution in [0.4, 0.5) is 4.79 Å². The van der Waals surface area contributed by atoms with E-state index in [9.17, 15) is 9.59 Å². The molecule has 0 N–H and O–H groups in total. The standard InChI is InChI=1S/C15H26N2O3.CO2/c1-5-16-11-15(10-12(16)18)6-8-17(9-7-15)13(19)20-14(2,3)4;2-1-3/h5-11H2,1-4H3;. The van der Waals surface area contributed by atoms with Crippen LogP contribution in [-0.4, -0.2) is 59.7 Å². The molecule has 0 unspecified atom stereocenters. The van der Waals surface area contributed by atoms with Crippen LogP contribution in [0.3, 0.4) is 0 Å². The number of piperidine rings is 1. The van der Waals surface area contributed by atoms with Gasteiger partial charge in [0.05, 0.1) is 0 Å². The molecule has 0 saturated carbocycles. The summed E-state index contributed by atoms with van der Waals surface area (Å²) < 4.78 is 5.40. The van der Waals surface area contributed by atoms with E-state index in [1.165, 1.54) is 0 Å². The Morgan fingerprint density at radius 2 is 1.78 bits per heavy atom. The number of hydrogen-bond donors (Lipinski definition) is 0. The lowest BCUT2D eigenvalue weighted by Gasteiger charge is -2.39. The van der Waals surface area contributed by atoms with Crippen LogP contribution in [0.5, 0.6) is 0 Å². The molecule has 0 bridgehead atoms. The van der Waals surface area contributed by atoms with Crippen LogP contribution in [0.1, 0.15) is 47.0 Å². The van der Waals surface area contributed by atoms with Gasteiger partial charge in [0, 0.05) is 38.0 Å². The van der Waals surface area contributed by atoms with Crippen LogP contribution in [0.2, 0.25) is 0 Å². The quantitative estimate of drug-likeness (QED) is 0.732. The summed E-state index contributed by atoms with van der Waals surface area (Å²) >= 11 is 0. The fraction of sp³-hybridized carbons (Fsp3) is 0.812. The van der Waals surface area contributed by atoms with Crippen molar-refractivity contribution in [2.45, 2.75) is 52.6 Å². The van der Waals surface area contributed by atoms with E-state index in [4.69, 9.17) is 14.3 Å². The fourth-order valence-electron chi connectivity index (χ4n) is 3.09. The number of likely N-dealkylation sites (tertiary alicyclic amines) is 2. The second-order valence-electron chi connectivity index (χ2n) is 7.14. The van der Waals surface area contributed by atoms with Crippen LogP contribution in [0.25, 0.3) is 0 Å². The third-order valence-corrected chi connectivity index (χ3v) is 4.26. The van der Waals surface area contributed by atoms with Gasteiger partial charge in [-0.2, -0.15) is 9.59 Å². The molecule has 23 heavy (non-hydrogen) atoms. The van der Waals surface area contributed by atoms with Gasteiger partial charge in [0.1, 0.15) is 5.60 Å². The largest absolute Gasteiger partial charge is 0.444 e. The molecular formula is C16H26N2O5. The van der Waals surface area contributed by atoms with Crippen LogP contribution in [0.15, 0.2) is 0 Å². The number of hydrogen-bond acceptors (Lipinski definition) is 5. The molecule has 2 heterocycles. The minimum Gasteiger partial charge on any atom is -0.444 e. The van der Waals surface area contributed by atoms with Gasteiger partial charge in [0.2, 0.25) is 5.91 Å². The normalized spacial score (nSPS) is 19.9. The third-order valence-electron chi connectivity index (χ3n) is 4.26. The highest BCUT2D eigenvalue weighted by Crippen LogP contribution is 2.41. The van der Waals surface area contributed by atoms with Crippen LogP contribution < -0.4 is 0 Å². The second kappa shape index (κ2) is 7.59. The zero-order valence-corrected chi connectivity index (χ0v) is 14.4. The summed E-state index contributed by atoms with van der Waals surface area (Å²) in [5.74, 6) is 0.262. The van der Waals surface area contributed by atoms with E-state index in [1.807, 2.05) is 32.6 Å². The summed E-state index contributed by atoms with van der Waals surface area (Å²) in [4.78, 5) is 43.9. The van der Waals surface area contributed by atoms with Crippen molar-refractivity contribution in [3.05, 3.63) is 0 Å². The van der Waals surface area contributed by atoms with Crippen molar-refractivity contribution >= 4 is 18.2 Å². The highest BCUT2D eigenvalue weighted by molar-refractivity contribution is 5.79. The number of rotatable bonds is 1. The molecular weight excluding hydrogens is 300 g/mol. The van der Waals surface area contributed by atoms with Gasteiger partial charge in [-0.15, -0.1) is 0 Å². The minimum atomic E-state index is -0.450. The molecule has 2 aliphatic heterocycles. The summed E-state index contributed by atoms with van der Waals surface area (Å²) in [7, 11) is 0. The van der Waals surface area contributed by atoms with E-state index in [-0.39, 0.29) is 23.6 Å². The first kappa shape index (κ1) is 19.2. The number of nitrogens with zero attached hydrogens (tertiary/aromatic N) is 2. The fourth-order valence-corrected chi connectivity index (χ4v) is 3.09. The molecule has 2 fully saturated rings. The zero-order valence-electron chi connectivity index (χ0n) is 14.4. The Labute approximate surface area is 136 Å². The van der Waals surface area contributed by atoms with E-state index in [1.54, 1.807) is 4.90 Å². The van der Waals surface area contributed by atoms with Crippen molar-refractivity contribution < 1.29 is 23.9 Å². The van der Waals surface area contributed by atoms with Crippen molar-refractivity contribution in [1.29, 1.82) is 0 Å². The van der Waals surface area contributed by atoms with Crippen LogP contribution >= 0.6 is 0 Å². The molecule has 0 aliphatic carbocycles. The van der Waals surface area contributed by atoms with Crippen molar-refractivity contribution in [3.8, 4) is 0 Å². The van der Waals surface area contributed by atoms with Crippen molar-refractivity contribution in [1.82, 2.24) is 9.80 Å². The minimum absolute atomic E-state index is 0.0889. The summed E-state index contributed by atoms with van der Waals surface area (Å²) in [6, 6.07) is 0.